The van der Waals surface area contributed by atoms with Crippen LogP contribution in [-0.2, 0) is 40.4 Å². The monoisotopic (exact) mass is 570 g/mol. The number of ether oxygens (including phenoxy) is 3. The molecule has 2 aromatic heterocycles. The van der Waals surface area contributed by atoms with E-state index in [-0.39, 0.29) is 24.5 Å². The molecule has 10 heteroatoms. The smallest absolute Gasteiger partial charge is 0.306 e. The molecular weight excluding hydrogens is 535 g/mol. The fraction of sp³-hybridized carbons (Fsp3) is 0.500. The quantitative estimate of drug-likeness (QED) is 0.273. The third-order valence-corrected chi connectivity index (χ3v) is 7.83. The Morgan fingerprint density at radius 2 is 2.02 bits per heavy atom. The number of pyridine rings is 1. The van der Waals surface area contributed by atoms with E-state index in [2.05, 4.69) is 9.47 Å². The Kier molecular flexibility index (Phi) is 9.67. The number of hydrogen-bond acceptors (Lipinski definition) is 7. The second-order valence-corrected chi connectivity index (χ2v) is 10.8. The van der Waals surface area contributed by atoms with Gasteiger partial charge in [0, 0.05) is 46.8 Å². The average molecular weight is 571 g/mol. The highest BCUT2D eigenvalue weighted by Crippen LogP contribution is 2.29. The van der Waals surface area contributed by atoms with Crippen LogP contribution in [0.2, 0.25) is 5.02 Å². The van der Waals surface area contributed by atoms with Gasteiger partial charge >= 0.3 is 5.97 Å². The third kappa shape index (κ3) is 7.38. The summed E-state index contributed by atoms with van der Waals surface area (Å²) in [6.07, 6.45) is 6.05. The molecule has 2 aliphatic rings. The molecule has 2 saturated heterocycles. The number of imidazole rings is 1. The summed E-state index contributed by atoms with van der Waals surface area (Å²) in [4.78, 5) is 23.8. The van der Waals surface area contributed by atoms with Gasteiger partial charge in [-0.05, 0) is 63.9 Å². The minimum Gasteiger partial charge on any atom is -0.473 e. The first-order chi connectivity index (χ1) is 19.5. The van der Waals surface area contributed by atoms with Crippen molar-refractivity contribution in [3.05, 3.63) is 76.2 Å². The van der Waals surface area contributed by atoms with Gasteiger partial charge in [-0.1, -0.05) is 23.7 Å². The lowest BCUT2D eigenvalue weighted by Crippen LogP contribution is -2.36. The minimum atomic E-state index is -0.386. The first-order valence-electron chi connectivity index (χ1n) is 14.0. The van der Waals surface area contributed by atoms with Crippen LogP contribution in [0.15, 0.2) is 42.6 Å². The number of halogens is 2. The Morgan fingerprint density at radius 1 is 1.20 bits per heavy atom. The fourth-order valence-corrected chi connectivity index (χ4v) is 5.37. The van der Waals surface area contributed by atoms with Gasteiger partial charge in [0.2, 0.25) is 5.88 Å². The van der Waals surface area contributed by atoms with Crippen LogP contribution in [0, 0.1) is 5.82 Å². The number of esters is 1. The number of hydrogen-bond donors (Lipinski definition) is 0. The van der Waals surface area contributed by atoms with Crippen LogP contribution in [0.5, 0.6) is 5.88 Å². The van der Waals surface area contributed by atoms with E-state index >= 15 is 0 Å². The van der Waals surface area contributed by atoms with Crippen LogP contribution < -0.4 is 4.74 Å². The van der Waals surface area contributed by atoms with E-state index in [0.29, 0.717) is 41.8 Å². The molecule has 0 amide bonds. The van der Waals surface area contributed by atoms with E-state index < -0.39 is 0 Å². The lowest BCUT2D eigenvalue weighted by atomic mass is 9.93. The number of carbonyl (C=O) groups is 1. The predicted molar refractivity (Wildman–Crippen MR) is 149 cm³/mol. The van der Waals surface area contributed by atoms with Crippen LogP contribution in [0.3, 0.4) is 0 Å². The molecule has 3 aromatic rings. The summed E-state index contributed by atoms with van der Waals surface area (Å²) in [6, 6.07) is 10.4. The Hall–Kier alpha value is -3.01. The summed E-state index contributed by atoms with van der Waals surface area (Å²) in [6.45, 7) is 6.49. The fourth-order valence-electron chi connectivity index (χ4n) is 5.21. The normalized spacial score (nSPS) is 17.9. The molecule has 2 aliphatic heterocycles. The average Bonchev–Trinajstić information content (AvgIpc) is 3.30. The van der Waals surface area contributed by atoms with Crippen LogP contribution in [0.4, 0.5) is 4.39 Å². The molecular formula is C30H36ClFN4O4. The summed E-state index contributed by atoms with van der Waals surface area (Å²) >= 11 is 5.84. The van der Waals surface area contributed by atoms with Crippen LogP contribution in [0.25, 0.3) is 0 Å². The van der Waals surface area contributed by atoms with Gasteiger partial charge in [0.1, 0.15) is 18.2 Å². The molecule has 1 aromatic carbocycles. The highest BCUT2D eigenvalue weighted by atomic mass is 35.5. The summed E-state index contributed by atoms with van der Waals surface area (Å²) < 4.78 is 32.9. The van der Waals surface area contributed by atoms with Gasteiger partial charge in [0.15, 0.2) is 0 Å². The Labute approximate surface area is 239 Å². The van der Waals surface area contributed by atoms with E-state index in [1.165, 1.54) is 6.07 Å². The summed E-state index contributed by atoms with van der Waals surface area (Å²) in [5, 5.41) is 0.360. The predicted octanol–water partition coefficient (Wildman–Crippen LogP) is 5.31. The van der Waals surface area contributed by atoms with E-state index in [9.17, 15) is 9.18 Å². The number of carbonyl (C=O) groups excluding carboxylic acids is 1. The number of aromatic nitrogens is 3. The minimum absolute atomic E-state index is 0.0955. The lowest BCUT2D eigenvalue weighted by Gasteiger charge is -2.32. The molecule has 2 fully saturated rings. The van der Waals surface area contributed by atoms with Crippen molar-refractivity contribution in [2.75, 3.05) is 26.3 Å². The number of likely N-dealkylation sites (tertiary alicyclic amines) is 1. The Morgan fingerprint density at radius 3 is 2.75 bits per heavy atom. The van der Waals surface area contributed by atoms with Crippen LogP contribution in [0.1, 0.15) is 61.3 Å². The van der Waals surface area contributed by atoms with Gasteiger partial charge in [-0.25, -0.2) is 14.4 Å². The Bertz CT molecular complexity index is 1290. The molecule has 0 unspecified atom stereocenters. The number of aryl methyl sites for hydroxylation is 1. The number of benzene rings is 1. The highest BCUT2D eigenvalue weighted by Gasteiger charge is 2.26. The summed E-state index contributed by atoms with van der Waals surface area (Å²) in [5.41, 5.74) is 2.49. The molecule has 0 spiro atoms. The SMILES string of the molecule is CCOC(=O)CCc1cnc(CN2CCC(c3cccc(OCc4ccc(Cl)cc4F)n3)CC2)n1C[C@@H]1CCO1. The van der Waals surface area contributed by atoms with E-state index in [1.807, 2.05) is 25.3 Å². The summed E-state index contributed by atoms with van der Waals surface area (Å²) in [5.74, 6) is 1.26. The molecule has 4 heterocycles. The number of rotatable bonds is 12. The van der Waals surface area contributed by atoms with Gasteiger partial charge in [0.25, 0.3) is 0 Å². The molecule has 40 heavy (non-hydrogen) atoms. The van der Waals surface area contributed by atoms with Crippen molar-refractivity contribution in [1.82, 2.24) is 19.4 Å². The first-order valence-corrected chi connectivity index (χ1v) is 14.4. The number of nitrogens with zero attached hydrogens (tertiary/aromatic N) is 4. The number of piperidine rings is 1. The van der Waals surface area contributed by atoms with Gasteiger partial charge in [-0.2, -0.15) is 0 Å². The van der Waals surface area contributed by atoms with Gasteiger partial charge < -0.3 is 18.8 Å². The van der Waals surface area contributed by atoms with Crippen LogP contribution in [-0.4, -0.2) is 57.8 Å². The van der Waals surface area contributed by atoms with Crippen molar-refractivity contribution in [2.45, 2.75) is 70.7 Å². The molecule has 214 valence electrons. The van der Waals surface area contributed by atoms with Gasteiger partial charge in [-0.15, -0.1) is 0 Å². The third-order valence-electron chi connectivity index (χ3n) is 7.60. The van der Waals surface area contributed by atoms with Crippen molar-refractivity contribution < 1.29 is 23.4 Å². The van der Waals surface area contributed by atoms with Gasteiger partial charge in [-0.3, -0.25) is 9.69 Å². The maximum atomic E-state index is 14.1. The molecule has 0 bridgehead atoms. The van der Waals surface area contributed by atoms with Crippen molar-refractivity contribution >= 4 is 17.6 Å². The van der Waals surface area contributed by atoms with Gasteiger partial charge in [0.05, 0.1) is 32.2 Å². The lowest BCUT2D eigenvalue weighted by molar-refractivity contribution is -0.143. The second kappa shape index (κ2) is 13.6. The topological polar surface area (TPSA) is 78.7 Å². The summed E-state index contributed by atoms with van der Waals surface area (Å²) in [7, 11) is 0. The standard InChI is InChI=1S/C30H36ClFN4O4/c1-2-38-30(37)9-8-24-17-33-28(36(24)18-25-12-15-39-25)19-35-13-10-21(11-14-35)27-4-3-5-29(34-27)40-20-22-6-7-23(31)16-26(22)32/h3-7,16-17,21,25H,2,8-15,18-20H2,1H3/t25-/m0/s1. The zero-order valence-corrected chi connectivity index (χ0v) is 23.6. The zero-order valence-electron chi connectivity index (χ0n) is 22.9. The second-order valence-electron chi connectivity index (χ2n) is 10.3. The maximum absolute atomic E-state index is 14.1. The zero-order chi connectivity index (χ0) is 27.9. The molecule has 0 N–H and O–H groups in total. The molecule has 0 radical (unpaired) electrons. The Balaban J connectivity index is 1.16. The van der Waals surface area contributed by atoms with Crippen molar-refractivity contribution in [3.8, 4) is 5.88 Å². The molecule has 1 atom stereocenters. The van der Waals surface area contributed by atoms with Crippen molar-refractivity contribution in [3.63, 3.8) is 0 Å². The van der Waals surface area contributed by atoms with E-state index in [1.54, 1.807) is 18.2 Å². The largest absolute Gasteiger partial charge is 0.473 e. The highest BCUT2D eigenvalue weighted by molar-refractivity contribution is 6.30. The van der Waals surface area contributed by atoms with Crippen molar-refractivity contribution in [1.29, 1.82) is 0 Å². The van der Waals surface area contributed by atoms with E-state index in [4.69, 9.17) is 35.8 Å². The van der Waals surface area contributed by atoms with Crippen LogP contribution >= 0.6 is 11.6 Å². The van der Waals surface area contributed by atoms with Crippen molar-refractivity contribution in [2.24, 2.45) is 0 Å². The molecule has 0 saturated carbocycles. The van der Waals surface area contributed by atoms with E-state index in [0.717, 1.165) is 69.3 Å². The first kappa shape index (κ1) is 28.5. The molecule has 8 nitrogen and oxygen atoms in total. The maximum Gasteiger partial charge on any atom is 0.306 e. The molecule has 0 aliphatic carbocycles. The molecule has 5 rings (SSSR count).